The van der Waals surface area contributed by atoms with E-state index in [-0.39, 0.29) is 18.8 Å². The molecule has 1 amide bonds. The Morgan fingerprint density at radius 3 is 2.59 bits per heavy atom. The molecule has 2 aromatic rings. The number of hydrogen-bond donors (Lipinski definition) is 1. The Morgan fingerprint density at radius 2 is 1.93 bits per heavy atom. The van der Waals surface area contributed by atoms with E-state index in [0.29, 0.717) is 20.8 Å². The molecule has 0 aliphatic carbocycles. The van der Waals surface area contributed by atoms with Gasteiger partial charge in [0, 0.05) is 11.6 Å². The highest BCUT2D eigenvalue weighted by Crippen LogP contribution is 2.37. The fraction of sp³-hybridized carbons (Fsp3) is 0.235. The van der Waals surface area contributed by atoms with Gasteiger partial charge in [-0.15, -0.1) is 0 Å². The normalized spacial score (nSPS) is 16.4. The molecule has 10 heteroatoms. The predicted octanol–water partition coefficient (Wildman–Crippen LogP) is 3.49. The minimum atomic E-state index is -3.62. The van der Waals surface area contributed by atoms with Gasteiger partial charge in [-0.1, -0.05) is 40.9 Å². The zero-order chi connectivity index (χ0) is 19.8. The molecule has 0 aromatic heterocycles. The summed E-state index contributed by atoms with van der Waals surface area (Å²) < 4.78 is 31.1. The number of carbonyl (C=O) groups is 1. The second kappa shape index (κ2) is 7.75. The van der Waals surface area contributed by atoms with E-state index < -0.39 is 22.0 Å². The van der Waals surface area contributed by atoms with Gasteiger partial charge in [0.15, 0.2) is 6.10 Å². The van der Waals surface area contributed by atoms with Gasteiger partial charge in [-0.05, 0) is 35.9 Å². The van der Waals surface area contributed by atoms with Crippen molar-refractivity contribution in [3.63, 3.8) is 0 Å². The van der Waals surface area contributed by atoms with Gasteiger partial charge in [0.05, 0.1) is 28.5 Å². The summed E-state index contributed by atoms with van der Waals surface area (Å²) in [5, 5.41) is 3.88. The molecule has 6 nitrogen and oxygen atoms in total. The highest BCUT2D eigenvalue weighted by atomic mass is 35.5. The maximum Gasteiger partial charge on any atom is 0.263 e. The zero-order valence-corrected chi connectivity index (χ0v) is 17.2. The molecule has 0 saturated carbocycles. The number of hydrogen-bond acceptors (Lipinski definition) is 4. The van der Waals surface area contributed by atoms with Crippen LogP contribution in [0.3, 0.4) is 0 Å². The highest BCUT2D eigenvalue weighted by Gasteiger charge is 2.35. The first-order valence-electron chi connectivity index (χ1n) is 7.80. The summed E-state index contributed by atoms with van der Waals surface area (Å²) in [5.74, 6) is -0.180. The Kier molecular flexibility index (Phi) is 5.76. The van der Waals surface area contributed by atoms with Crippen molar-refractivity contribution in [2.75, 3.05) is 17.1 Å². The van der Waals surface area contributed by atoms with Gasteiger partial charge in [-0.3, -0.25) is 9.10 Å². The topological polar surface area (TPSA) is 75.7 Å². The molecule has 27 heavy (non-hydrogen) atoms. The van der Waals surface area contributed by atoms with Crippen LogP contribution >= 0.6 is 34.8 Å². The number of carbonyl (C=O) groups excluding carboxylic acids is 1. The van der Waals surface area contributed by atoms with Crippen LogP contribution in [-0.4, -0.2) is 33.2 Å². The molecule has 0 spiro atoms. The van der Waals surface area contributed by atoms with Crippen LogP contribution in [0, 0.1) is 0 Å². The Labute approximate surface area is 172 Å². The van der Waals surface area contributed by atoms with Crippen molar-refractivity contribution in [1.82, 2.24) is 5.32 Å². The lowest BCUT2D eigenvalue weighted by Gasteiger charge is -2.34. The minimum Gasteiger partial charge on any atom is -0.476 e. The number of fused-ring (bicyclic) bond motifs is 1. The monoisotopic (exact) mass is 448 g/mol. The molecule has 3 rings (SSSR count). The fourth-order valence-electron chi connectivity index (χ4n) is 2.63. The fourth-order valence-corrected chi connectivity index (χ4v) is 4.02. The second-order valence-corrected chi connectivity index (χ2v) is 9.14. The van der Waals surface area contributed by atoms with Crippen LogP contribution in [0.15, 0.2) is 36.4 Å². The molecule has 1 atom stereocenters. The average Bonchev–Trinajstić information content (AvgIpc) is 2.60. The summed E-state index contributed by atoms with van der Waals surface area (Å²) in [6, 6.07) is 9.60. The summed E-state index contributed by atoms with van der Waals surface area (Å²) in [6.07, 6.45) is 0.0596. The number of amides is 1. The molecule has 2 aromatic carbocycles. The van der Waals surface area contributed by atoms with Crippen molar-refractivity contribution in [3.05, 3.63) is 57.0 Å². The standard InChI is InChI=1S/C17H15Cl3N2O4S/c1-27(24,25)22-9-16(26-15-5-3-11(18)7-14(15)22)17(23)21-8-10-2-4-12(19)13(20)6-10/h2-7,16H,8-9H2,1H3,(H,21,23)/t16-/m0/s1. The summed E-state index contributed by atoms with van der Waals surface area (Å²) in [5.41, 5.74) is 1.05. The summed E-state index contributed by atoms with van der Waals surface area (Å²) in [6.45, 7) is 0.0430. The van der Waals surface area contributed by atoms with Gasteiger partial charge in [0.1, 0.15) is 5.75 Å². The van der Waals surface area contributed by atoms with E-state index >= 15 is 0 Å². The third kappa shape index (κ3) is 4.60. The molecular formula is C17H15Cl3N2O4S. The average molecular weight is 450 g/mol. The molecule has 1 aliphatic heterocycles. The number of rotatable bonds is 4. The summed E-state index contributed by atoms with van der Waals surface area (Å²) in [4.78, 5) is 12.5. The van der Waals surface area contributed by atoms with Crippen LogP contribution < -0.4 is 14.4 Å². The van der Waals surface area contributed by atoms with Gasteiger partial charge < -0.3 is 10.1 Å². The zero-order valence-electron chi connectivity index (χ0n) is 14.1. The molecule has 0 radical (unpaired) electrons. The van der Waals surface area contributed by atoms with Crippen LogP contribution in [0.5, 0.6) is 5.75 Å². The van der Waals surface area contributed by atoms with E-state index in [0.717, 1.165) is 16.1 Å². The van der Waals surface area contributed by atoms with Gasteiger partial charge in [-0.2, -0.15) is 0 Å². The number of ether oxygens (including phenoxy) is 1. The van der Waals surface area contributed by atoms with E-state index in [2.05, 4.69) is 5.32 Å². The lowest BCUT2D eigenvalue weighted by molar-refractivity contribution is -0.127. The van der Waals surface area contributed by atoms with E-state index in [9.17, 15) is 13.2 Å². The van der Waals surface area contributed by atoms with Crippen molar-refractivity contribution in [3.8, 4) is 5.75 Å². The number of benzene rings is 2. The number of anilines is 1. The first-order valence-corrected chi connectivity index (χ1v) is 10.8. The minimum absolute atomic E-state index is 0.153. The lowest BCUT2D eigenvalue weighted by Crippen LogP contribution is -2.50. The van der Waals surface area contributed by atoms with Crippen LogP contribution in [0.1, 0.15) is 5.56 Å². The summed E-state index contributed by atoms with van der Waals surface area (Å²) >= 11 is 17.8. The van der Waals surface area contributed by atoms with E-state index in [4.69, 9.17) is 39.5 Å². The second-order valence-electron chi connectivity index (χ2n) is 5.98. The molecule has 1 N–H and O–H groups in total. The molecule has 0 unspecified atom stereocenters. The molecule has 0 bridgehead atoms. The predicted molar refractivity (Wildman–Crippen MR) is 106 cm³/mol. The highest BCUT2D eigenvalue weighted by molar-refractivity contribution is 7.92. The molecule has 1 heterocycles. The van der Waals surface area contributed by atoms with Crippen LogP contribution in [0.25, 0.3) is 0 Å². The Balaban J connectivity index is 1.77. The summed E-state index contributed by atoms with van der Waals surface area (Å²) in [7, 11) is -3.62. The molecule has 1 aliphatic rings. The van der Waals surface area contributed by atoms with Gasteiger partial charge in [0.2, 0.25) is 10.0 Å². The quantitative estimate of drug-likeness (QED) is 0.775. The van der Waals surface area contributed by atoms with E-state index in [1.165, 1.54) is 12.1 Å². The van der Waals surface area contributed by atoms with Crippen molar-refractivity contribution in [2.45, 2.75) is 12.6 Å². The largest absolute Gasteiger partial charge is 0.476 e. The number of sulfonamides is 1. The van der Waals surface area contributed by atoms with Crippen LogP contribution in [0.2, 0.25) is 15.1 Å². The van der Waals surface area contributed by atoms with Crippen molar-refractivity contribution in [2.24, 2.45) is 0 Å². The lowest BCUT2D eigenvalue weighted by atomic mass is 10.2. The third-order valence-corrected chi connectivity index (χ3v) is 6.05. The van der Waals surface area contributed by atoms with Gasteiger partial charge in [0.25, 0.3) is 5.91 Å². The van der Waals surface area contributed by atoms with E-state index in [1.54, 1.807) is 24.3 Å². The molecule has 144 valence electrons. The maximum atomic E-state index is 12.5. The number of nitrogens with one attached hydrogen (secondary N) is 1. The Hall–Kier alpha value is -1.67. The Morgan fingerprint density at radius 1 is 1.19 bits per heavy atom. The van der Waals surface area contributed by atoms with Crippen molar-refractivity contribution >= 4 is 56.4 Å². The molecular weight excluding hydrogens is 435 g/mol. The first kappa shape index (κ1) is 20.1. The van der Waals surface area contributed by atoms with Crippen molar-refractivity contribution < 1.29 is 17.9 Å². The molecule has 0 saturated heterocycles. The van der Waals surface area contributed by atoms with Crippen molar-refractivity contribution in [1.29, 1.82) is 0 Å². The number of halogens is 3. The van der Waals surface area contributed by atoms with Crippen LogP contribution in [0.4, 0.5) is 5.69 Å². The molecule has 0 fully saturated rings. The van der Waals surface area contributed by atoms with E-state index in [1.807, 2.05) is 0 Å². The third-order valence-electron chi connectivity index (χ3n) is 3.93. The SMILES string of the molecule is CS(=O)(=O)N1C[C@@H](C(=O)NCc2ccc(Cl)c(Cl)c2)Oc2ccc(Cl)cc21. The Bertz CT molecular complexity index is 998. The van der Waals surface area contributed by atoms with Crippen LogP contribution in [-0.2, 0) is 21.4 Å². The maximum absolute atomic E-state index is 12.5. The number of nitrogens with zero attached hydrogens (tertiary/aromatic N) is 1. The first-order chi connectivity index (χ1) is 12.6. The smallest absolute Gasteiger partial charge is 0.263 e. The van der Waals surface area contributed by atoms with Gasteiger partial charge >= 0.3 is 0 Å². The van der Waals surface area contributed by atoms with Gasteiger partial charge in [-0.25, -0.2) is 8.42 Å².